The molecule has 5 nitrogen and oxygen atoms in total. The average Bonchev–Trinajstić information content (AvgIpc) is 2.66. The Labute approximate surface area is 170 Å². The number of esters is 1. The van der Waals surface area contributed by atoms with Crippen molar-refractivity contribution in [1.82, 2.24) is 5.32 Å². The minimum absolute atomic E-state index is 0.394. The number of allylic oxidation sites excluding steroid dienone is 1. The SMILES string of the molecule is COC(=O)C1=C(C)N(c2cc(C)cc(C)c2)C(=S)NC1c1cccc(OC)c1. The van der Waals surface area contributed by atoms with E-state index in [2.05, 4.69) is 11.4 Å². The molecule has 2 aromatic rings. The first-order valence-corrected chi connectivity index (χ1v) is 9.38. The molecule has 0 radical (unpaired) electrons. The summed E-state index contributed by atoms with van der Waals surface area (Å²) in [4.78, 5) is 14.6. The molecule has 0 saturated heterocycles. The van der Waals surface area contributed by atoms with Crippen LogP contribution in [0.1, 0.15) is 29.7 Å². The number of carbonyl (C=O) groups is 1. The van der Waals surface area contributed by atoms with E-state index in [4.69, 9.17) is 21.7 Å². The maximum atomic E-state index is 12.7. The van der Waals surface area contributed by atoms with E-state index in [1.165, 1.54) is 7.11 Å². The monoisotopic (exact) mass is 396 g/mol. The smallest absolute Gasteiger partial charge is 0.337 e. The summed E-state index contributed by atoms with van der Waals surface area (Å²) in [6.45, 7) is 5.97. The molecule has 1 N–H and O–H groups in total. The van der Waals surface area contributed by atoms with Gasteiger partial charge in [-0.25, -0.2) is 4.79 Å². The number of ether oxygens (including phenoxy) is 2. The zero-order valence-electron chi connectivity index (χ0n) is 16.7. The molecular formula is C22H24N2O3S. The number of anilines is 1. The number of hydrogen-bond donors (Lipinski definition) is 1. The van der Waals surface area contributed by atoms with Crippen LogP contribution in [0.25, 0.3) is 0 Å². The fourth-order valence-electron chi connectivity index (χ4n) is 3.58. The van der Waals surface area contributed by atoms with Crippen LogP contribution in [-0.4, -0.2) is 25.3 Å². The predicted molar refractivity (Wildman–Crippen MR) is 115 cm³/mol. The molecule has 0 saturated carbocycles. The van der Waals surface area contributed by atoms with Crippen molar-refractivity contribution in [2.24, 2.45) is 0 Å². The van der Waals surface area contributed by atoms with E-state index in [-0.39, 0.29) is 0 Å². The van der Waals surface area contributed by atoms with Crippen molar-refractivity contribution in [3.63, 3.8) is 0 Å². The highest BCUT2D eigenvalue weighted by molar-refractivity contribution is 7.80. The summed E-state index contributed by atoms with van der Waals surface area (Å²) in [5, 5.41) is 3.84. The molecule has 3 rings (SSSR count). The van der Waals surface area contributed by atoms with Gasteiger partial charge in [0.25, 0.3) is 0 Å². The van der Waals surface area contributed by atoms with E-state index in [9.17, 15) is 4.79 Å². The zero-order chi connectivity index (χ0) is 20.4. The first-order chi connectivity index (χ1) is 13.3. The summed E-state index contributed by atoms with van der Waals surface area (Å²) in [5.41, 5.74) is 5.30. The highest BCUT2D eigenvalue weighted by atomic mass is 32.1. The molecule has 0 aromatic heterocycles. The first kappa shape index (κ1) is 19.9. The van der Waals surface area contributed by atoms with Crippen molar-refractivity contribution in [3.8, 4) is 5.75 Å². The molecule has 0 aliphatic carbocycles. The number of carbonyl (C=O) groups excluding carboxylic acids is 1. The Hall–Kier alpha value is -2.86. The van der Waals surface area contributed by atoms with Crippen molar-refractivity contribution in [2.45, 2.75) is 26.8 Å². The van der Waals surface area contributed by atoms with Crippen LogP contribution in [0.15, 0.2) is 53.7 Å². The fraction of sp³-hybridized carbons (Fsp3) is 0.273. The Bertz CT molecular complexity index is 948. The van der Waals surface area contributed by atoms with Crippen molar-refractivity contribution >= 4 is 29.0 Å². The Kier molecular flexibility index (Phi) is 5.70. The van der Waals surface area contributed by atoms with Gasteiger partial charge in [0.1, 0.15) is 5.75 Å². The van der Waals surface area contributed by atoms with Gasteiger partial charge in [0, 0.05) is 11.4 Å². The van der Waals surface area contributed by atoms with Crippen LogP contribution in [-0.2, 0) is 9.53 Å². The molecule has 6 heteroatoms. The first-order valence-electron chi connectivity index (χ1n) is 8.97. The Balaban J connectivity index is 2.16. The molecule has 1 unspecified atom stereocenters. The van der Waals surface area contributed by atoms with E-state index in [0.717, 1.165) is 28.1 Å². The molecule has 0 amide bonds. The van der Waals surface area contributed by atoms with Crippen LogP contribution in [0.2, 0.25) is 0 Å². The van der Waals surface area contributed by atoms with Crippen molar-refractivity contribution in [2.75, 3.05) is 19.1 Å². The summed E-state index contributed by atoms with van der Waals surface area (Å²) in [6.07, 6.45) is 0. The number of methoxy groups -OCH3 is 2. The second-order valence-electron chi connectivity index (χ2n) is 6.83. The lowest BCUT2D eigenvalue weighted by molar-refractivity contribution is -0.136. The lowest BCUT2D eigenvalue weighted by Gasteiger charge is -2.37. The zero-order valence-corrected chi connectivity index (χ0v) is 17.5. The standard InChI is InChI=1S/C22H24N2O3S/c1-13-9-14(2)11-17(10-13)24-15(3)19(21(25)27-5)20(23-22(24)28)16-7-6-8-18(12-16)26-4/h6-12,20H,1-5H3,(H,23,28). The molecule has 1 aliphatic heterocycles. The maximum absolute atomic E-state index is 12.7. The van der Waals surface area contributed by atoms with Gasteiger partial charge in [-0.2, -0.15) is 0 Å². The summed E-state index contributed by atoms with van der Waals surface area (Å²) in [5.74, 6) is 0.318. The van der Waals surface area contributed by atoms with Gasteiger partial charge in [-0.3, -0.25) is 4.90 Å². The van der Waals surface area contributed by atoms with E-state index in [1.807, 2.05) is 62.1 Å². The van der Waals surface area contributed by atoms with Gasteiger partial charge in [-0.15, -0.1) is 0 Å². The minimum atomic E-state index is -0.419. The van der Waals surface area contributed by atoms with Gasteiger partial charge in [-0.1, -0.05) is 18.2 Å². The third-order valence-corrected chi connectivity index (χ3v) is 5.08. The van der Waals surface area contributed by atoms with Crippen LogP contribution in [0.3, 0.4) is 0 Å². The molecule has 0 bridgehead atoms. The number of benzene rings is 2. The van der Waals surface area contributed by atoms with E-state index in [1.54, 1.807) is 7.11 Å². The van der Waals surface area contributed by atoms with Crippen LogP contribution in [0.4, 0.5) is 5.69 Å². The normalized spacial score (nSPS) is 16.7. The highest BCUT2D eigenvalue weighted by Crippen LogP contribution is 2.35. The highest BCUT2D eigenvalue weighted by Gasteiger charge is 2.35. The Morgan fingerprint density at radius 1 is 1.07 bits per heavy atom. The van der Waals surface area contributed by atoms with E-state index < -0.39 is 12.0 Å². The molecule has 1 heterocycles. The van der Waals surface area contributed by atoms with Crippen LogP contribution in [0.5, 0.6) is 5.75 Å². The average molecular weight is 397 g/mol. The van der Waals surface area contributed by atoms with Crippen molar-refractivity contribution in [3.05, 3.63) is 70.4 Å². The number of rotatable bonds is 4. The number of nitrogens with zero attached hydrogens (tertiary/aromatic N) is 1. The predicted octanol–water partition coefficient (Wildman–Crippen LogP) is 4.19. The summed E-state index contributed by atoms with van der Waals surface area (Å²) in [7, 11) is 3.00. The molecule has 0 fully saturated rings. The summed E-state index contributed by atoms with van der Waals surface area (Å²) < 4.78 is 10.4. The largest absolute Gasteiger partial charge is 0.497 e. The lowest BCUT2D eigenvalue weighted by atomic mass is 9.94. The third kappa shape index (κ3) is 3.73. The minimum Gasteiger partial charge on any atom is -0.497 e. The Morgan fingerprint density at radius 2 is 1.75 bits per heavy atom. The number of nitrogens with one attached hydrogen (secondary N) is 1. The second-order valence-corrected chi connectivity index (χ2v) is 7.22. The van der Waals surface area contributed by atoms with Crippen LogP contribution < -0.4 is 15.0 Å². The third-order valence-electron chi connectivity index (χ3n) is 4.78. The Morgan fingerprint density at radius 3 is 2.36 bits per heavy atom. The quantitative estimate of drug-likeness (QED) is 0.618. The molecule has 0 spiro atoms. The number of thiocarbonyl (C=S) groups is 1. The maximum Gasteiger partial charge on any atom is 0.337 e. The molecule has 1 atom stereocenters. The lowest BCUT2D eigenvalue weighted by Crippen LogP contribution is -2.48. The molecule has 2 aromatic carbocycles. The number of aryl methyl sites for hydroxylation is 2. The topological polar surface area (TPSA) is 50.8 Å². The summed E-state index contributed by atoms with van der Waals surface area (Å²) in [6, 6.07) is 13.4. The molecule has 1 aliphatic rings. The van der Waals surface area contributed by atoms with Gasteiger partial charge in [0.2, 0.25) is 0 Å². The second kappa shape index (κ2) is 8.02. The van der Waals surface area contributed by atoms with E-state index in [0.29, 0.717) is 16.4 Å². The van der Waals surface area contributed by atoms with Gasteiger partial charge >= 0.3 is 5.97 Å². The number of hydrogen-bond acceptors (Lipinski definition) is 4. The van der Waals surface area contributed by atoms with Crippen LogP contribution in [0, 0.1) is 13.8 Å². The van der Waals surface area contributed by atoms with Gasteiger partial charge < -0.3 is 14.8 Å². The van der Waals surface area contributed by atoms with Gasteiger partial charge in [0.05, 0.1) is 25.8 Å². The van der Waals surface area contributed by atoms with Crippen molar-refractivity contribution in [1.29, 1.82) is 0 Å². The van der Waals surface area contributed by atoms with Crippen LogP contribution >= 0.6 is 12.2 Å². The van der Waals surface area contributed by atoms with E-state index >= 15 is 0 Å². The fourth-order valence-corrected chi connectivity index (χ4v) is 3.94. The van der Waals surface area contributed by atoms with Crippen molar-refractivity contribution < 1.29 is 14.3 Å². The molecule has 146 valence electrons. The molecular weight excluding hydrogens is 372 g/mol. The summed E-state index contributed by atoms with van der Waals surface area (Å²) >= 11 is 5.68. The molecule has 28 heavy (non-hydrogen) atoms. The van der Waals surface area contributed by atoms with Gasteiger partial charge in [-0.05, 0) is 73.9 Å². The van der Waals surface area contributed by atoms with Gasteiger partial charge in [0.15, 0.2) is 5.11 Å².